The van der Waals surface area contributed by atoms with Gasteiger partial charge in [0.2, 0.25) is 0 Å². The second-order valence-corrected chi connectivity index (χ2v) is 3.24. The largest absolute Gasteiger partial charge is 0.369 e. The number of aliphatic imine (C=N–C) groups is 1. The molecule has 1 aliphatic rings. The number of benzene rings is 1. The van der Waals surface area contributed by atoms with Crippen molar-refractivity contribution in [2.24, 2.45) is 4.99 Å². The first-order chi connectivity index (χ1) is 6.77. The normalized spacial score (nSPS) is 15.6. The summed E-state index contributed by atoms with van der Waals surface area (Å²) in [4.78, 5) is 4.15. The first-order valence-corrected chi connectivity index (χ1v) is 4.57. The van der Waals surface area contributed by atoms with Gasteiger partial charge in [0.05, 0.1) is 6.54 Å². The molecule has 2 nitrogen and oxygen atoms in total. The molecule has 4 heteroatoms. The Morgan fingerprint density at radius 3 is 2.64 bits per heavy atom. The predicted molar refractivity (Wildman–Crippen MR) is 55.7 cm³/mol. The zero-order chi connectivity index (χ0) is 9.97. The van der Waals surface area contributed by atoms with Gasteiger partial charge in [-0.2, -0.15) is 0 Å². The summed E-state index contributed by atoms with van der Waals surface area (Å²) in [5, 5.41) is 3.45. The van der Waals surface area contributed by atoms with Gasteiger partial charge in [0, 0.05) is 11.8 Å². The van der Waals surface area contributed by atoms with Crippen molar-refractivity contribution < 1.29 is 4.39 Å². The number of hydrogen-bond acceptors (Lipinski definition) is 2. The summed E-state index contributed by atoms with van der Waals surface area (Å²) in [5.74, 6) is -0.266. The zero-order valence-electron chi connectivity index (χ0n) is 7.30. The van der Waals surface area contributed by atoms with Crippen LogP contribution >= 0.6 is 11.6 Å². The lowest BCUT2D eigenvalue weighted by Crippen LogP contribution is -2.17. The van der Waals surface area contributed by atoms with Gasteiger partial charge in [0.15, 0.2) is 0 Å². The van der Waals surface area contributed by atoms with Crippen molar-refractivity contribution in [3.8, 4) is 0 Å². The number of halogens is 2. The van der Waals surface area contributed by atoms with Crippen molar-refractivity contribution in [2.45, 2.75) is 0 Å². The number of nitrogens with zero attached hydrogens (tertiary/aromatic N) is 1. The van der Waals surface area contributed by atoms with Crippen LogP contribution in [0.4, 0.5) is 4.39 Å². The molecule has 0 aromatic heterocycles. The van der Waals surface area contributed by atoms with E-state index in [2.05, 4.69) is 10.3 Å². The molecule has 0 spiro atoms. The Bertz CT molecular complexity index is 395. The minimum absolute atomic E-state index is 0.266. The molecule has 0 atom stereocenters. The molecular weight excluding hydrogens is 203 g/mol. The Morgan fingerprint density at radius 2 is 2.00 bits per heavy atom. The molecule has 1 aromatic carbocycles. The third kappa shape index (κ3) is 1.77. The van der Waals surface area contributed by atoms with Crippen molar-refractivity contribution in [3.63, 3.8) is 0 Å². The van der Waals surface area contributed by atoms with E-state index in [1.165, 1.54) is 12.1 Å². The van der Waals surface area contributed by atoms with Gasteiger partial charge in [-0.05, 0) is 24.3 Å². The number of nitrogens with one attached hydrogen (secondary N) is 1. The Hall–Kier alpha value is -1.35. The molecule has 1 aliphatic heterocycles. The molecule has 0 bridgehead atoms. The minimum Gasteiger partial charge on any atom is -0.369 e. The van der Waals surface area contributed by atoms with E-state index < -0.39 is 0 Å². The monoisotopic (exact) mass is 210 g/mol. The third-order valence-corrected chi connectivity index (χ3v) is 2.21. The Kier molecular flexibility index (Phi) is 2.50. The van der Waals surface area contributed by atoms with Gasteiger partial charge in [-0.15, -0.1) is 0 Å². The van der Waals surface area contributed by atoms with Crippen LogP contribution in [0.3, 0.4) is 0 Å². The van der Waals surface area contributed by atoms with E-state index in [1.54, 1.807) is 18.3 Å². The van der Waals surface area contributed by atoms with E-state index in [0.29, 0.717) is 17.4 Å². The van der Waals surface area contributed by atoms with Gasteiger partial charge < -0.3 is 5.32 Å². The maximum absolute atomic E-state index is 12.6. The summed E-state index contributed by atoms with van der Waals surface area (Å²) in [6, 6.07) is 6.07. The Balaban J connectivity index is 2.39. The van der Waals surface area contributed by atoms with Crippen molar-refractivity contribution in [2.75, 3.05) is 6.54 Å². The minimum atomic E-state index is -0.266. The average Bonchev–Trinajstić information content (AvgIpc) is 2.20. The molecule has 1 aromatic rings. The third-order valence-electron chi connectivity index (χ3n) is 1.89. The number of hydrogen-bond donors (Lipinski definition) is 1. The van der Waals surface area contributed by atoms with Crippen molar-refractivity contribution in [3.05, 3.63) is 40.8 Å². The molecule has 0 unspecified atom stereocenters. The van der Waals surface area contributed by atoms with Gasteiger partial charge in [-0.1, -0.05) is 11.6 Å². The van der Waals surface area contributed by atoms with E-state index in [9.17, 15) is 4.39 Å². The molecule has 0 aliphatic carbocycles. The molecule has 0 radical (unpaired) electrons. The van der Waals surface area contributed by atoms with Crippen LogP contribution in [-0.4, -0.2) is 12.8 Å². The van der Waals surface area contributed by atoms with Crippen molar-refractivity contribution in [1.82, 2.24) is 5.32 Å². The lowest BCUT2D eigenvalue weighted by Gasteiger charge is -2.11. The van der Waals surface area contributed by atoms with Crippen LogP contribution in [-0.2, 0) is 0 Å². The van der Waals surface area contributed by atoms with Crippen LogP contribution in [0.1, 0.15) is 5.56 Å². The van der Waals surface area contributed by atoms with E-state index in [0.717, 1.165) is 5.56 Å². The lowest BCUT2D eigenvalue weighted by atomic mass is 10.1. The highest BCUT2D eigenvalue weighted by atomic mass is 35.5. The van der Waals surface area contributed by atoms with Gasteiger partial charge in [0.1, 0.15) is 16.7 Å². The second-order valence-electron chi connectivity index (χ2n) is 2.86. The average molecular weight is 211 g/mol. The SMILES string of the molecule is Fc1ccc(C2=C(Cl)NCC=N2)cc1. The standard InChI is InChI=1S/C10H8ClFN2/c11-10-9(13-5-6-14-10)7-1-3-8(12)4-2-7/h1-5,14H,6H2. The zero-order valence-corrected chi connectivity index (χ0v) is 8.05. The molecule has 0 amide bonds. The van der Waals surface area contributed by atoms with Gasteiger partial charge in [-0.25, -0.2) is 4.39 Å². The Labute approximate surface area is 86.1 Å². The summed E-state index contributed by atoms with van der Waals surface area (Å²) < 4.78 is 12.6. The summed E-state index contributed by atoms with van der Waals surface area (Å²) in [6.07, 6.45) is 1.73. The van der Waals surface area contributed by atoms with Crippen LogP contribution in [0, 0.1) is 5.82 Å². The molecular formula is C10H8ClFN2. The summed E-state index contributed by atoms with van der Waals surface area (Å²) in [7, 11) is 0. The van der Waals surface area contributed by atoms with E-state index in [4.69, 9.17) is 11.6 Å². The fraction of sp³-hybridized carbons (Fsp3) is 0.100. The summed E-state index contributed by atoms with van der Waals surface area (Å²) in [6.45, 7) is 0.629. The predicted octanol–water partition coefficient (Wildman–Crippen LogP) is 2.36. The molecule has 2 rings (SSSR count). The van der Waals surface area contributed by atoms with Gasteiger partial charge in [0.25, 0.3) is 0 Å². The Morgan fingerprint density at radius 1 is 1.29 bits per heavy atom. The van der Waals surface area contributed by atoms with Crippen LogP contribution in [0.25, 0.3) is 5.70 Å². The molecule has 0 saturated carbocycles. The molecule has 1 heterocycles. The topological polar surface area (TPSA) is 24.4 Å². The molecule has 72 valence electrons. The summed E-state index contributed by atoms with van der Waals surface area (Å²) >= 11 is 5.92. The highest BCUT2D eigenvalue weighted by Gasteiger charge is 2.08. The summed E-state index contributed by atoms with van der Waals surface area (Å²) in [5.41, 5.74) is 1.46. The van der Waals surface area contributed by atoms with Crippen molar-refractivity contribution >= 4 is 23.5 Å². The van der Waals surface area contributed by atoms with Gasteiger partial charge in [-0.3, -0.25) is 4.99 Å². The molecule has 1 N–H and O–H groups in total. The van der Waals surface area contributed by atoms with Crippen LogP contribution in [0.5, 0.6) is 0 Å². The quantitative estimate of drug-likeness (QED) is 0.707. The molecule has 14 heavy (non-hydrogen) atoms. The fourth-order valence-corrected chi connectivity index (χ4v) is 1.46. The lowest BCUT2D eigenvalue weighted by molar-refractivity contribution is 0.627. The molecule has 0 fully saturated rings. The van der Waals surface area contributed by atoms with E-state index >= 15 is 0 Å². The second kappa shape index (κ2) is 3.80. The maximum atomic E-state index is 12.6. The smallest absolute Gasteiger partial charge is 0.129 e. The molecule has 0 saturated heterocycles. The van der Waals surface area contributed by atoms with Gasteiger partial charge >= 0.3 is 0 Å². The maximum Gasteiger partial charge on any atom is 0.129 e. The van der Waals surface area contributed by atoms with Crippen LogP contribution in [0.15, 0.2) is 34.4 Å². The number of rotatable bonds is 1. The van der Waals surface area contributed by atoms with E-state index in [-0.39, 0.29) is 5.82 Å². The highest BCUT2D eigenvalue weighted by molar-refractivity contribution is 6.32. The fourth-order valence-electron chi connectivity index (χ4n) is 1.22. The van der Waals surface area contributed by atoms with Crippen molar-refractivity contribution in [1.29, 1.82) is 0 Å². The first kappa shape index (κ1) is 9.21. The van der Waals surface area contributed by atoms with E-state index in [1.807, 2.05) is 0 Å². The van der Waals surface area contributed by atoms with Crippen LogP contribution in [0.2, 0.25) is 0 Å². The highest BCUT2D eigenvalue weighted by Crippen LogP contribution is 2.22. The first-order valence-electron chi connectivity index (χ1n) is 4.19. The van der Waals surface area contributed by atoms with Crippen LogP contribution < -0.4 is 5.32 Å².